The van der Waals surface area contributed by atoms with E-state index < -0.39 is 0 Å². The molecule has 78 valence electrons. The van der Waals surface area contributed by atoms with Crippen molar-refractivity contribution in [2.45, 2.75) is 32.6 Å². The van der Waals surface area contributed by atoms with Crippen LogP contribution in [-0.2, 0) is 12.5 Å². The Morgan fingerprint density at radius 2 is 2.14 bits per heavy atom. The fraction of sp³-hybridized carbons (Fsp3) is 0.727. The molecule has 1 fully saturated rings. The van der Waals surface area contributed by atoms with Crippen LogP contribution in [0.1, 0.15) is 31.7 Å². The summed E-state index contributed by atoms with van der Waals surface area (Å²) in [5.74, 6) is 0. The van der Waals surface area contributed by atoms with Gasteiger partial charge in [0.05, 0.1) is 5.69 Å². The van der Waals surface area contributed by atoms with E-state index in [1.165, 1.54) is 12.1 Å². The van der Waals surface area contributed by atoms with Crippen molar-refractivity contribution in [3.63, 3.8) is 0 Å². The molecule has 0 spiro atoms. The van der Waals surface area contributed by atoms with E-state index in [-0.39, 0.29) is 5.41 Å². The first-order valence-corrected chi connectivity index (χ1v) is 5.14. The smallest absolute Gasteiger partial charge is 0.0596 e. The number of rotatable bonds is 2. The number of hydrogen-bond acceptors (Lipinski definition) is 2. The largest absolute Gasteiger partial charge is 0.330 e. The van der Waals surface area contributed by atoms with Crippen LogP contribution in [0.3, 0.4) is 0 Å². The van der Waals surface area contributed by atoms with Crippen LogP contribution in [0.2, 0.25) is 0 Å². The average Bonchev–Trinajstić information content (AvgIpc) is 2.48. The molecule has 2 N–H and O–H groups in total. The van der Waals surface area contributed by atoms with Crippen molar-refractivity contribution < 1.29 is 0 Å². The molecular weight excluding hydrogens is 174 g/mol. The highest BCUT2D eigenvalue weighted by Crippen LogP contribution is 2.63. The Kier molecular flexibility index (Phi) is 1.80. The van der Waals surface area contributed by atoms with Crippen molar-refractivity contribution in [1.82, 2.24) is 9.78 Å². The minimum Gasteiger partial charge on any atom is -0.330 e. The predicted octanol–water partition coefficient (Wildman–Crippen LogP) is 1.35. The molecule has 0 amide bonds. The molecule has 0 aliphatic heterocycles. The summed E-state index contributed by atoms with van der Waals surface area (Å²) in [4.78, 5) is 0. The van der Waals surface area contributed by atoms with Crippen molar-refractivity contribution in [2.75, 3.05) is 6.54 Å². The Hall–Kier alpha value is -0.830. The zero-order chi connectivity index (χ0) is 10.6. The highest BCUT2D eigenvalue weighted by molar-refractivity contribution is 5.34. The molecular formula is C11H19N3. The maximum absolute atomic E-state index is 5.91. The van der Waals surface area contributed by atoms with Gasteiger partial charge in [0.25, 0.3) is 0 Å². The Labute approximate surface area is 85.3 Å². The maximum Gasteiger partial charge on any atom is 0.0596 e. The minimum absolute atomic E-state index is 0.170. The lowest BCUT2D eigenvalue weighted by Crippen LogP contribution is -2.27. The summed E-state index contributed by atoms with van der Waals surface area (Å²) in [6.07, 6.45) is 1.18. The summed E-state index contributed by atoms with van der Waals surface area (Å²) < 4.78 is 1.98. The van der Waals surface area contributed by atoms with Crippen LogP contribution in [-0.4, -0.2) is 16.3 Å². The average molecular weight is 193 g/mol. The Balaban J connectivity index is 2.45. The van der Waals surface area contributed by atoms with Gasteiger partial charge in [0.1, 0.15) is 0 Å². The first kappa shape index (κ1) is 9.71. The third-order valence-electron chi connectivity index (χ3n) is 3.75. The van der Waals surface area contributed by atoms with E-state index in [0.717, 1.165) is 12.2 Å². The number of nitrogens with two attached hydrogens (primary N) is 1. The molecule has 0 saturated heterocycles. The third kappa shape index (κ3) is 1.05. The van der Waals surface area contributed by atoms with Gasteiger partial charge in [-0.2, -0.15) is 5.10 Å². The molecule has 0 bridgehead atoms. The summed E-state index contributed by atoms with van der Waals surface area (Å²) >= 11 is 0. The van der Waals surface area contributed by atoms with E-state index >= 15 is 0 Å². The fourth-order valence-electron chi connectivity index (χ4n) is 2.66. The zero-order valence-corrected chi connectivity index (χ0v) is 9.46. The van der Waals surface area contributed by atoms with Gasteiger partial charge < -0.3 is 5.73 Å². The van der Waals surface area contributed by atoms with Crippen molar-refractivity contribution in [2.24, 2.45) is 18.2 Å². The van der Waals surface area contributed by atoms with Crippen molar-refractivity contribution in [3.8, 4) is 0 Å². The van der Waals surface area contributed by atoms with E-state index in [9.17, 15) is 0 Å². The van der Waals surface area contributed by atoms with Crippen LogP contribution < -0.4 is 5.73 Å². The topological polar surface area (TPSA) is 43.8 Å². The summed E-state index contributed by atoms with van der Waals surface area (Å²) in [7, 11) is 2.01. The van der Waals surface area contributed by atoms with E-state index in [1.54, 1.807) is 0 Å². The molecule has 14 heavy (non-hydrogen) atoms. The fourth-order valence-corrected chi connectivity index (χ4v) is 2.66. The van der Waals surface area contributed by atoms with Crippen LogP contribution in [0.5, 0.6) is 0 Å². The highest BCUT2D eigenvalue weighted by atomic mass is 15.3. The summed E-state index contributed by atoms with van der Waals surface area (Å²) in [5.41, 5.74) is 8.79. The molecule has 1 aromatic heterocycles. The van der Waals surface area contributed by atoms with E-state index in [1.807, 2.05) is 18.7 Å². The second-order valence-corrected chi connectivity index (χ2v) is 5.14. The van der Waals surface area contributed by atoms with Crippen molar-refractivity contribution >= 4 is 0 Å². The van der Waals surface area contributed by atoms with Crippen LogP contribution in [0.15, 0.2) is 6.07 Å². The third-order valence-corrected chi connectivity index (χ3v) is 3.75. The Bertz CT molecular complexity index is 365. The maximum atomic E-state index is 5.91. The van der Waals surface area contributed by atoms with Gasteiger partial charge in [0.15, 0.2) is 0 Å². The van der Waals surface area contributed by atoms with Crippen LogP contribution in [0.4, 0.5) is 0 Å². The SMILES string of the molecule is Cc1cc(C2(CN)CC2(C)C)n(C)n1. The lowest BCUT2D eigenvalue weighted by Gasteiger charge is -2.18. The highest BCUT2D eigenvalue weighted by Gasteiger charge is 2.62. The zero-order valence-electron chi connectivity index (χ0n) is 9.46. The van der Waals surface area contributed by atoms with Gasteiger partial charge in [-0.1, -0.05) is 13.8 Å². The van der Waals surface area contributed by atoms with Crippen LogP contribution >= 0.6 is 0 Å². The van der Waals surface area contributed by atoms with E-state index in [2.05, 4.69) is 25.0 Å². The molecule has 3 heteroatoms. The first-order chi connectivity index (χ1) is 6.43. The van der Waals surface area contributed by atoms with Crippen molar-refractivity contribution in [3.05, 3.63) is 17.5 Å². The Morgan fingerprint density at radius 1 is 1.57 bits per heavy atom. The molecule has 0 radical (unpaired) electrons. The summed E-state index contributed by atoms with van der Waals surface area (Å²) in [6, 6.07) is 2.17. The van der Waals surface area contributed by atoms with Crippen molar-refractivity contribution in [1.29, 1.82) is 0 Å². The first-order valence-electron chi connectivity index (χ1n) is 5.14. The molecule has 1 atom stereocenters. The van der Waals surface area contributed by atoms with Gasteiger partial charge in [-0.3, -0.25) is 4.68 Å². The summed E-state index contributed by atoms with van der Waals surface area (Å²) in [5, 5.41) is 4.39. The lowest BCUT2D eigenvalue weighted by molar-refractivity contribution is 0.472. The quantitative estimate of drug-likeness (QED) is 0.770. The molecule has 0 aromatic carbocycles. The number of hydrogen-bond donors (Lipinski definition) is 1. The van der Waals surface area contributed by atoms with Gasteiger partial charge in [-0.05, 0) is 24.8 Å². The lowest BCUT2D eigenvalue weighted by atomic mass is 9.92. The van der Waals surface area contributed by atoms with Gasteiger partial charge in [0.2, 0.25) is 0 Å². The molecule has 1 saturated carbocycles. The minimum atomic E-state index is 0.170. The molecule has 1 unspecified atom stereocenters. The summed E-state index contributed by atoms with van der Waals surface area (Å²) in [6.45, 7) is 7.31. The number of aromatic nitrogens is 2. The standard InChI is InChI=1S/C11H19N3/c1-8-5-9(14(4)13-8)11(7-12)6-10(11,2)3/h5H,6-7,12H2,1-4H3. The predicted molar refractivity (Wildman–Crippen MR) is 57.1 cm³/mol. The molecule has 3 nitrogen and oxygen atoms in total. The molecule has 1 aromatic rings. The number of aryl methyl sites for hydroxylation is 2. The molecule has 1 aliphatic rings. The monoisotopic (exact) mass is 193 g/mol. The van der Waals surface area contributed by atoms with Gasteiger partial charge in [-0.25, -0.2) is 0 Å². The molecule has 2 rings (SSSR count). The van der Waals surface area contributed by atoms with Crippen LogP contribution in [0.25, 0.3) is 0 Å². The van der Waals surface area contributed by atoms with Gasteiger partial charge in [0, 0.05) is 24.7 Å². The molecule has 1 aliphatic carbocycles. The van der Waals surface area contributed by atoms with E-state index in [0.29, 0.717) is 5.41 Å². The van der Waals surface area contributed by atoms with Crippen LogP contribution in [0, 0.1) is 12.3 Å². The van der Waals surface area contributed by atoms with E-state index in [4.69, 9.17) is 5.73 Å². The van der Waals surface area contributed by atoms with Gasteiger partial charge >= 0.3 is 0 Å². The number of nitrogens with zero attached hydrogens (tertiary/aromatic N) is 2. The van der Waals surface area contributed by atoms with Gasteiger partial charge in [-0.15, -0.1) is 0 Å². The second kappa shape index (κ2) is 2.60. The Morgan fingerprint density at radius 3 is 2.43 bits per heavy atom. The second-order valence-electron chi connectivity index (χ2n) is 5.14. The normalized spacial score (nSPS) is 29.2. The molecule has 1 heterocycles.